The van der Waals surface area contributed by atoms with Crippen LogP contribution < -0.4 is 5.32 Å². The fourth-order valence-electron chi connectivity index (χ4n) is 4.50. The minimum Gasteiger partial charge on any atom is -0.396 e. The van der Waals surface area contributed by atoms with Crippen LogP contribution in [0.2, 0.25) is 0 Å². The highest BCUT2D eigenvalue weighted by molar-refractivity contribution is 5.15. The van der Waals surface area contributed by atoms with Crippen molar-refractivity contribution in [3.05, 3.63) is 35.9 Å². The van der Waals surface area contributed by atoms with Gasteiger partial charge >= 0.3 is 0 Å². The molecular formula is C19H28N2O. The van der Waals surface area contributed by atoms with E-state index in [0.29, 0.717) is 12.6 Å². The second-order valence-corrected chi connectivity index (χ2v) is 7.83. The third-order valence-electron chi connectivity index (χ3n) is 6.21. The van der Waals surface area contributed by atoms with Crippen LogP contribution in [0.3, 0.4) is 0 Å². The molecule has 22 heavy (non-hydrogen) atoms. The monoisotopic (exact) mass is 300 g/mol. The standard InChI is InChI=1S/C19H28N2O/c22-14-19(8-9-19)13-20-18-7-6-16-11-21(12-17(16)18)10-15-4-2-1-3-5-15/h1-5,16-18,20,22H,6-14H2. The molecule has 1 saturated heterocycles. The first-order valence-electron chi connectivity index (χ1n) is 8.89. The van der Waals surface area contributed by atoms with Gasteiger partial charge in [-0.25, -0.2) is 0 Å². The van der Waals surface area contributed by atoms with Crippen molar-refractivity contribution >= 4 is 0 Å². The number of nitrogens with one attached hydrogen (secondary N) is 1. The zero-order valence-electron chi connectivity index (χ0n) is 13.4. The van der Waals surface area contributed by atoms with Crippen molar-refractivity contribution in [3.63, 3.8) is 0 Å². The normalized spacial score (nSPS) is 33.0. The third kappa shape index (κ3) is 2.94. The van der Waals surface area contributed by atoms with Gasteiger partial charge in [-0.15, -0.1) is 0 Å². The van der Waals surface area contributed by atoms with Crippen molar-refractivity contribution in [1.29, 1.82) is 0 Å². The molecule has 1 aromatic carbocycles. The van der Waals surface area contributed by atoms with E-state index in [-0.39, 0.29) is 5.41 Å². The Morgan fingerprint density at radius 3 is 2.68 bits per heavy atom. The Labute approximate surface area is 133 Å². The highest BCUT2D eigenvalue weighted by Crippen LogP contribution is 2.45. The van der Waals surface area contributed by atoms with Gasteiger partial charge in [-0.3, -0.25) is 4.90 Å². The fourth-order valence-corrected chi connectivity index (χ4v) is 4.50. The Morgan fingerprint density at radius 2 is 1.95 bits per heavy atom. The first-order valence-corrected chi connectivity index (χ1v) is 8.89. The van der Waals surface area contributed by atoms with Gasteiger partial charge in [0.2, 0.25) is 0 Å². The first kappa shape index (κ1) is 14.7. The second kappa shape index (κ2) is 5.95. The third-order valence-corrected chi connectivity index (χ3v) is 6.21. The Hall–Kier alpha value is -0.900. The topological polar surface area (TPSA) is 35.5 Å². The summed E-state index contributed by atoms with van der Waals surface area (Å²) in [6.45, 7) is 4.99. The van der Waals surface area contributed by atoms with Crippen LogP contribution in [0.5, 0.6) is 0 Å². The molecule has 0 bridgehead atoms. The SMILES string of the molecule is OCC1(CNC2CCC3CN(Cc4ccccc4)CC32)CC1. The molecule has 3 nitrogen and oxygen atoms in total. The number of hydrogen-bond acceptors (Lipinski definition) is 3. The zero-order valence-corrected chi connectivity index (χ0v) is 13.4. The van der Waals surface area contributed by atoms with E-state index < -0.39 is 0 Å². The van der Waals surface area contributed by atoms with E-state index in [0.717, 1.165) is 24.9 Å². The van der Waals surface area contributed by atoms with Crippen molar-refractivity contribution < 1.29 is 5.11 Å². The molecule has 2 aliphatic carbocycles. The van der Waals surface area contributed by atoms with Crippen molar-refractivity contribution in [2.24, 2.45) is 17.3 Å². The van der Waals surface area contributed by atoms with Gasteiger partial charge in [0.1, 0.15) is 0 Å². The van der Waals surface area contributed by atoms with Crippen LogP contribution in [0.1, 0.15) is 31.2 Å². The maximum atomic E-state index is 9.48. The number of aliphatic hydroxyl groups excluding tert-OH is 1. The summed E-state index contributed by atoms with van der Waals surface area (Å²) < 4.78 is 0. The van der Waals surface area contributed by atoms with Gasteiger partial charge in [-0.05, 0) is 43.1 Å². The van der Waals surface area contributed by atoms with Crippen LogP contribution in [0.25, 0.3) is 0 Å². The molecule has 1 aromatic rings. The van der Waals surface area contributed by atoms with Gasteiger partial charge in [-0.1, -0.05) is 30.3 Å². The summed E-state index contributed by atoms with van der Waals surface area (Å²) in [6, 6.07) is 11.5. The van der Waals surface area contributed by atoms with E-state index >= 15 is 0 Å². The Balaban J connectivity index is 1.31. The van der Waals surface area contributed by atoms with Gasteiger partial charge in [0.15, 0.2) is 0 Å². The van der Waals surface area contributed by atoms with Crippen molar-refractivity contribution in [2.75, 3.05) is 26.2 Å². The molecule has 3 fully saturated rings. The highest BCUT2D eigenvalue weighted by atomic mass is 16.3. The molecule has 0 radical (unpaired) electrons. The summed E-state index contributed by atoms with van der Waals surface area (Å²) in [4.78, 5) is 2.64. The summed E-state index contributed by atoms with van der Waals surface area (Å²) in [5, 5.41) is 13.3. The van der Waals surface area contributed by atoms with Gasteiger partial charge < -0.3 is 10.4 Å². The Bertz CT molecular complexity index is 499. The molecule has 3 unspecified atom stereocenters. The maximum Gasteiger partial charge on any atom is 0.0499 e. The number of hydrogen-bond donors (Lipinski definition) is 2. The lowest BCUT2D eigenvalue weighted by Gasteiger charge is -2.24. The van der Waals surface area contributed by atoms with E-state index in [1.54, 1.807) is 0 Å². The lowest BCUT2D eigenvalue weighted by Crippen LogP contribution is -2.39. The number of rotatable bonds is 6. The molecule has 3 aliphatic rings. The van der Waals surface area contributed by atoms with Gasteiger partial charge in [0, 0.05) is 44.2 Å². The maximum absolute atomic E-state index is 9.48. The lowest BCUT2D eigenvalue weighted by atomic mass is 9.97. The minimum atomic E-state index is 0.237. The minimum absolute atomic E-state index is 0.237. The predicted molar refractivity (Wildman–Crippen MR) is 88.5 cm³/mol. The fraction of sp³-hybridized carbons (Fsp3) is 0.684. The number of benzene rings is 1. The Kier molecular flexibility index (Phi) is 3.97. The summed E-state index contributed by atoms with van der Waals surface area (Å²) in [6.07, 6.45) is 5.12. The van der Waals surface area contributed by atoms with E-state index in [4.69, 9.17) is 0 Å². The number of aliphatic hydroxyl groups is 1. The molecule has 4 rings (SSSR count). The van der Waals surface area contributed by atoms with Crippen LogP contribution in [0.4, 0.5) is 0 Å². The van der Waals surface area contributed by atoms with E-state index in [1.165, 1.54) is 44.3 Å². The lowest BCUT2D eigenvalue weighted by molar-refractivity contribution is 0.198. The van der Waals surface area contributed by atoms with Crippen molar-refractivity contribution in [2.45, 2.75) is 38.3 Å². The molecule has 1 heterocycles. The van der Waals surface area contributed by atoms with Crippen LogP contribution in [0.15, 0.2) is 30.3 Å². The largest absolute Gasteiger partial charge is 0.396 e. The smallest absolute Gasteiger partial charge is 0.0499 e. The molecule has 0 spiro atoms. The summed E-state index contributed by atoms with van der Waals surface area (Å²) >= 11 is 0. The summed E-state index contributed by atoms with van der Waals surface area (Å²) in [5.74, 6) is 1.70. The molecule has 3 heteroatoms. The van der Waals surface area contributed by atoms with Gasteiger partial charge in [0.25, 0.3) is 0 Å². The first-order chi connectivity index (χ1) is 10.8. The number of likely N-dealkylation sites (tertiary alicyclic amines) is 1. The van der Waals surface area contributed by atoms with E-state index in [2.05, 4.69) is 40.5 Å². The molecule has 2 saturated carbocycles. The average Bonchev–Trinajstić information content (AvgIpc) is 3.08. The molecule has 120 valence electrons. The molecule has 0 aromatic heterocycles. The van der Waals surface area contributed by atoms with Crippen LogP contribution in [-0.4, -0.2) is 42.3 Å². The second-order valence-electron chi connectivity index (χ2n) is 7.83. The summed E-state index contributed by atoms with van der Waals surface area (Å²) in [5.41, 5.74) is 1.67. The summed E-state index contributed by atoms with van der Waals surface area (Å²) in [7, 11) is 0. The molecule has 3 atom stereocenters. The van der Waals surface area contributed by atoms with Gasteiger partial charge in [0.05, 0.1) is 0 Å². The Morgan fingerprint density at radius 1 is 1.14 bits per heavy atom. The van der Waals surface area contributed by atoms with Crippen LogP contribution >= 0.6 is 0 Å². The molecule has 2 N–H and O–H groups in total. The quantitative estimate of drug-likeness (QED) is 0.846. The highest BCUT2D eigenvalue weighted by Gasteiger charge is 2.45. The average molecular weight is 300 g/mol. The molecular weight excluding hydrogens is 272 g/mol. The van der Waals surface area contributed by atoms with E-state index in [1.807, 2.05) is 0 Å². The zero-order chi connectivity index (χ0) is 15.0. The van der Waals surface area contributed by atoms with Crippen LogP contribution in [-0.2, 0) is 6.54 Å². The molecule has 0 amide bonds. The van der Waals surface area contributed by atoms with Crippen molar-refractivity contribution in [1.82, 2.24) is 10.2 Å². The molecule has 1 aliphatic heterocycles. The van der Waals surface area contributed by atoms with Crippen molar-refractivity contribution in [3.8, 4) is 0 Å². The number of nitrogens with zero attached hydrogens (tertiary/aromatic N) is 1. The predicted octanol–water partition coefficient (Wildman–Crippen LogP) is 2.26. The van der Waals surface area contributed by atoms with Gasteiger partial charge in [-0.2, -0.15) is 0 Å². The number of fused-ring (bicyclic) bond motifs is 1. The van der Waals surface area contributed by atoms with E-state index in [9.17, 15) is 5.11 Å². The van der Waals surface area contributed by atoms with Crippen LogP contribution in [0, 0.1) is 17.3 Å².